The fourth-order valence-electron chi connectivity index (χ4n) is 5.46. The Morgan fingerprint density at radius 1 is 0.475 bits per heavy atom. The summed E-state index contributed by atoms with van der Waals surface area (Å²) < 4.78 is 28.8. The average Bonchev–Trinajstić information content (AvgIpc) is 3.02. The highest BCUT2D eigenvalue weighted by molar-refractivity contribution is 7.85. The Morgan fingerprint density at radius 3 is 1.60 bits per heavy atom. The van der Waals surface area contributed by atoms with Crippen LogP contribution in [0.3, 0.4) is 0 Å². The molecule has 0 saturated heterocycles. The maximum atomic E-state index is 14.8. The highest BCUT2D eigenvalue weighted by atomic mass is 31.2. The van der Waals surface area contributed by atoms with Crippen molar-refractivity contribution in [1.29, 1.82) is 0 Å². The average molecular weight is 557 g/mol. The van der Waals surface area contributed by atoms with Crippen molar-refractivity contribution in [3.8, 4) is 0 Å². The Kier molecular flexibility index (Phi) is 7.16. The van der Waals surface area contributed by atoms with Crippen molar-refractivity contribution in [2.75, 3.05) is 6.66 Å². The zero-order valence-electron chi connectivity index (χ0n) is 22.4. The van der Waals surface area contributed by atoms with Gasteiger partial charge in [-0.1, -0.05) is 146 Å². The molecule has 0 N–H and O–H groups in total. The second-order valence-electron chi connectivity index (χ2n) is 10.2. The molecular weight excluding hydrogens is 526 g/mol. The number of hydrogen-bond donors (Lipinski definition) is 0. The monoisotopic (exact) mass is 556 g/mol. The van der Waals surface area contributed by atoms with Gasteiger partial charge in [-0.25, -0.2) is 0 Å². The molecular formula is C36H30O2P2. The van der Waals surface area contributed by atoms with Gasteiger partial charge in [-0.2, -0.15) is 0 Å². The van der Waals surface area contributed by atoms with E-state index in [9.17, 15) is 9.13 Å². The summed E-state index contributed by atoms with van der Waals surface area (Å²) in [5.74, 6) is 0. The van der Waals surface area contributed by atoms with Crippen molar-refractivity contribution in [3.63, 3.8) is 0 Å². The molecule has 0 aromatic heterocycles. The van der Waals surface area contributed by atoms with Crippen LogP contribution in [0.25, 0.3) is 10.8 Å². The zero-order chi connectivity index (χ0) is 27.6. The van der Waals surface area contributed by atoms with Crippen LogP contribution in [-0.2, 0) is 15.6 Å². The minimum atomic E-state index is -3.03. The highest BCUT2D eigenvalue weighted by Crippen LogP contribution is 2.43. The van der Waals surface area contributed by atoms with Crippen LogP contribution in [0.5, 0.6) is 0 Å². The summed E-state index contributed by atoms with van der Waals surface area (Å²) in [6.45, 7) is 1.86. The lowest BCUT2D eigenvalue weighted by molar-refractivity contribution is 0.590. The standard InChI is InChI=1S/C36H30O2P2/c1-39(37,32-14-5-2-6-15-32)36-20-12-11-13-31(36)26-28-21-22-30-27-35(24-23-29(30)25-28)40(38,33-16-7-3-8-17-33)34-18-9-4-10-19-34/h2-25,27H,26H2,1H3. The largest absolute Gasteiger partial charge is 0.314 e. The quantitative estimate of drug-likeness (QED) is 0.198. The Morgan fingerprint density at radius 2 is 0.975 bits per heavy atom. The predicted molar refractivity (Wildman–Crippen MR) is 172 cm³/mol. The van der Waals surface area contributed by atoms with E-state index >= 15 is 0 Å². The van der Waals surface area contributed by atoms with Crippen LogP contribution in [0.2, 0.25) is 0 Å². The number of rotatable bonds is 7. The van der Waals surface area contributed by atoms with Crippen LogP contribution in [0, 0.1) is 0 Å². The van der Waals surface area contributed by atoms with E-state index in [4.69, 9.17) is 0 Å². The van der Waals surface area contributed by atoms with Gasteiger partial charge in [-0.3, -0.25) is 0 Å². The van der Waals surface area contributed by atoms with Crippen LogP contribution in [-0.4, -0.2) is 6.66 Å². The Balaban J connectivity index is 1.37. The molecule has 6 aromatic rings. The molecule has 0 aliphatic carbocycles. The third-order valence-corrected chi connectivity index (χ3v) is 13.3. The van der Waals surface area contributed by atoms with Gasteiger partial charge >= 0.3 is 0 Å². The lowest BCUT2D eigenvalue weighted by Crippen LogP contribution is -2.24. The van der Waals surface area contributed by atoms with E-state index in [1.54, 1.807) is 0 Å². The van der Waals surface area contributed by atoms with Gasteiger partial charge in [0.15, 0.2) is 7.14 Å². The Bertz CT molecular complexity index is 1840. The summed E-state index contributed by atoms with van der Waals surface area (Å²) in [6.07, 6.45) is 0.686. The van der Waals surface area contributed by atoms with E-state index in [0.717, 1.165) is 48.4 Å². The molecule has 0 saturated carbocycles. The second-order valence-corrected chi connectivity index (χ2v) is 15.8. The first kappa shape index (κ1) is 26.3. The van der Waals surface area contributed by atoms with E-state index in [-0.39, 0.29) is 0 Å². The summed E-state index contributed by atoms with van der Waals surface area (Å²) in [5.41, 5.74) is 2.22. The van der Waals surface area contributed by atoms with Crippen molar-refractivity contribution >= 4 is 51.6 Å². The van der Waals surface area contributed by atoms with Gasteiger partial charge in [0.25, 0.3) is 0 Å². The molecule has 1 unspecified atom stereocenters. The highest BCUT2D eigenvalue weighted by Gasteiger charge is 2.29. The molecule has 0 amide bonds. The lowest BCUT2D eigenvalue weighted by Gasteiger charge is -2.20. The molecule has 40 heavy (non-hydrogen) atoms. The molecule has 0 spiro atoms. The summed E-state index contributed by atoms with van der Waals surface area (Å²) >= 11 is 0. The number of hydrogen-bond acceptors (Lipinski definition) is 2. The van der Waals surface area contributed by atoms with Gasteiger partial charge in [-0.05, 0) is 41.1 Å². The van der Waals surface area contributed by atoms with Crippen LogP contribution in [0.4, 0.5) is 0 Å². The van der Waals surface area contributed by atoms with Gasteiger partial charge in [-0.15, -0.1) is 0 Å². The van der Waals surface area contributed by atoms with Crippen molar-refractivity contribution in [2.45, 2.75) is 6.42 Å². The third kappa shape index (κ3) is 4.90. The van der Waals surface area contributed by atoms with Gasteiger partial charge in [0, 0.05) is 26.5 Å². The summed E-state index contributed by atoms with van der Waals surface area (Å²) in [5, 5.41) is 6.40. The summed E-state index contributed by atoms with van der Waals surface area (Å²) in [7, 11) is -5.77. The van der Waals surface area contributed by atoms with Crippen molar-refractivity contribution in [1.82, 2.24) is 0 Å². The van der Waals surface area contributed by atoms with E-state index in [2.05, 4.69) is 36.4 Å². The molecule has 0 fully saturated rings. The summed E-state index contributed by atoms with van der Waals surface area (Å²) in [6, 6.07) is 49.9. The van der Waals surface area contributed by atoms with E-state index < -0.39 is 14.3 Å². The van der Waals surface area contributed by atoms with Crippen molar-refractivity contribution in [2.24, 2.45) is 0 Å². The van der Waals surface area contributed by atoms with Crippen LogP contribution in [0.1, 0.15) is 11.1 Å². The van der Waals surface area contributed by atoms with Gasteiger partial charge < -0.3 is 9.13 Å². The van der Waals surface area contributed by atoms with Crippen LogP contribution >= 0.6 is 14.3 Å². The molecule has 0 bridgehead atoms. The van der Waals surface area contributed by atoms with Gasteiger partial charge in [0.2, 0.25) is 0 Å². The molecule has 0 heterocycles. The molecule has 1 atom stereocenters. The van der Waals surface area contributed by atoms with Crippen LogP contribution < -0.4 is 26.5 Å². The number of benzene rings is 6. The summed E-state index contributed by atoms with van der Waals surface area (Å²) in [4.78, 5) is 0. The molecule has 196 valence electrons. The second kappa shape index (κ2) is 10.9. The first-order valence-electron chi connectivity index (χ1n) is 13.4. The van der Waals surface area contributed by atoms with Gasteiger partial charge in [0.05, 0.1) is 0 Å². The first-order valence-corrected chi connectivity index (χ1v) is 17.3. The van der Waals surface area contributed by atoms with E-state index in [1.165, 1.54) is 0 Å². The minimum Gasteiger partial charge on any atom is -0.314 e. The predicted octanol–water partition coefficient (Wildman–Crippen LogP) is 7.01. The molecule has 2 nitrogen and oxygen atoms in total. The molecule has 6 aromatic carbocycles. The first-order chi connectivity index (χ1) is 19.5. The Labute approximate surface area is 236 Å². The van der Waals surface area contributed by atoms with Crippen LogP contribution in [0.15, 0.2) is 152 Å². The zero-order valence-corrected chi connectivity index (χ0v) is 24.1. The van der Waals surface area contributed by atoms with Gasteiger partial charge in [0.1, 0.15) is 7.14 Å². The SMILES string of the molecule is CP(=O)(c1ccccc1)c1ccccc1Cc1ccc2cc(P(=O)(c3ccccc3)c3ccccc3)ccc2c1. The van der Waals surface area contributed by atoms with Crippen molar-refractivity contribution in [3.05, 3.63) is 163 Å². The maximum Gasteiger partial charge on any atom is 0.171 e. The van der Waals surface area contributed by atoms with E-state index in [0.29, 0.717) is 6.42 Å². The molecule has 0 aliphatic rings. The fourth-order valence-corrected chi connectivity index (χ4v) is 10.2. The van der Waals surface area contributed by atoms with Crippen molar-refractivity contribution < 1.29 is 9.13 Å². The molecule has 4 heteroatoms. The number of fused-ring (bicyclic) bond motifs is 1. The lowest BCUT2D eigenvalue weighted by atomic mass is 10.0. The van der Waals surface area contributed by atoms with E-state index in [1.807, 2.05) is 122 Å². The molecule has 6 rings (SSSR count). The fraction of sp³-hybridized carbons (Fsp3) is 0.0556. The third-order valence-electron chi connectivity index (χ3n) is 7.59. The smallest absolute Gasteiger partial charge is 0.171 e. The maximum absolute atomic E-state index is 14.8. The molecule has 0 aliphatic heterocycles. The minimum absolute atomic E-state index is 0.686. The topological polar surface area (TPSA) is 34.1 Å². The normalized spacial score (nSPS) is 13.1. The molecule has 0 radical (unpaired) electrons. The Hall–Kier alpha value is -3.96.